The van der Waals surface area contributed by atoms with Gasteiger partial charge in [0.15, 0.2) is 0 Å². The quantitative estimate of drug-likeness (QED) is 0.497. The van der Waals surface area contributed by atoms with Crippen molar-refractivity contribution in [2.24, 2.45) is 0 Å². The third-order valence-electron chi connectivity index (χ3n) is 3.49. The molecule has 0 aromatic carbocycles. The molecule has 1 heterocycles. The fourth-order valence-electron chi connectivity index (χ4n) is 2.46. The molecule has 0 amide bonds. The highest BCUT2D eigenvalue weighted by Crippen LogP contribution is 2.22. The summed E-state index contributed by atoms with van der Waals surface area (Å²) in [6.45, 7) is 9.14. The van der Waals surface area contributed by atoms with Crippen molar-refractivity contribution in [3.63, 3.8) is 0 Å². The van der Waals surface area contributed by atoms with E-state index < -0.39 is 0 Å². The van der Waals surface area contributed by atoms with Crippen molar-refractivity contribution in [1.29, 1.82) is 0 Å². The van der Waals surface area contributed by atoms with Gasteiger partial charge in [0.25, 0.3) is 0 Å². The second kappa shape index (κ2) is 9.74. The first-order valence-corrected chi connectivity index (χ1v) is 7.61. The van der Waals surface area contributed by atoms with Crippen LogP contribution in [0.25, 0.3) is 0 Å². The minimum absolute atomic E-state index is 0.407. The van der Waals surface area contributed by atoms with Gasteiger partial charge in [-0.05, 0) is 43.9 Å². The smallest absolute Gasteiger partial charge is 0.0604 e. The molecule has 0 saturated carbocycles. The lowest BCUT2D eigenvalue weighted by molar-refractivity contribution is 0.471. The number of aromatic nitrogens is 1. The number of aryl methyl sites for hydroxylation is 1. The minimum Gasteiger partial charge on any atom is -0.309 e. The Bertz CT molecular complexity index is 360. The van der Waals surface area contributed by atoms with Crippen LogP contribution in [0.15, 0.2) is 31.0 Å². The minimum atomic E-state index is 0.407. The molecule has 0 aliphatic carbocycles. The van der Waals surface area contributed by atoms with Crippen molar-refractivity contribution in [2.75, 3.05) is 6.54 Å². The van der Waals surface area contributed by atoms with E-state index in [1.807, 2.05) is 18.3 Å². The molecule has 19 heavy (non-hydrogen) atoms. The first kappa shape index (κ1) is 15.9. The standard InChI is InChI=1S/C17H28N2/c1-4-7-8-9-10-13-16(18-6-3)17-15(5-2)12-11-14-19-17/h4,11-12,14,16,18H,1,5-10,13H2,2-3H3. The first-order valence-electron chi connectivity index (χ1n) is 7.61. The molecule has 0 bridgehead atoms. The lowest BCUT2D eigenvalue weighted by Gasteiger charge is -2.19. The number of pyridine rings is 1. The monoisotopic (exact) mass is 260 g/mol. The van der Waals surface area contributed by atoms with Crippen LogP contribution in [0.5, 0.6) is 0 Å². The van der Waals surface area contributed by atoms with E-state index in [1.54, 1.807) is 0 Å². The van der Waals surface area contributed by atoms with E-state index in [0.29, 0.717) is 6.04 Å². The summed E-state index contributed by atoms with van der Waals surface area (Å²) < 4.78 is 0. The molecule has 2 heteroatoms. The van der Waals surface area contributed by atoms with E-state index in [2.05, 4.69) is 36.8 Å². The van der Waals surface area contributed by atoms with Crippen molar-refractivity contribution in [3.05, 3.63) is 42.2 Å². The molecule has 0 saturated heterocycles. The lowest BCUT2D eigenvalue weighted by Crippen LogP contribution is -2.23. The van der Waals surface area contributed by atoms with Crippen LogP contribution in [0.3, 0.4) is 0 Å². The van der Waals surface area contributed by atoms with Gasteiger partial charge in [-0.1, -0.05) is 38.8 Å². The summed E-state index contributed by atoms with van der Waals surface area (Å²) in [6.07, 6.45) is 11.1. The van der Waals surface area contributed by atoms with Gasteiger partial charge >= 0.3 is 0 Å². The Morgan fingerprint density at radius 1 is 1.32 bits per heavy atom. The maximum Gasteiger partial charge on any atom is 0.0604 e. The Morgan fingerprint density at radius 3 is 2.84 bits per heavy atom. The maximum atomic E-state index is 4.60. The Hall–Kier alpha value is -1.15. The molecule has 1 rings (SSSR count). The Kier molecular flexibility index (Phi) is 8.15. The second-order valence-corrected chi connectivity index (χ2v) is 4.94. The molecule has 1 N–H and O–H groups in total. The summed E-state index contributed by atoms with van der Waals surface area (Å²) in [6, 6.07) is 4.64. The molecular weight excluding hydrogens is 232 g/mol. The van der Waals surface area contributed by atoms with Crippen molar-refractivity contribution in [3.8, 4) is 0 Å². The first-order chi connectivity index (χ1) is 9.33. The molecule has 0 aliphatic rings. The average molecular weight is 260 g/mol. The molecule has 0 aliphatic heterocycles. The zero-order chi connectivity index (χ0) is 13.9. The van der Waals surface area contributed by atoms with Crippen LogP contribution < -0.4 is 5.32 Å². The summed E-state index contributed by atoms with van der Waals surface area (Å²) >= 11 is 0. The molecule has 2 nitrogen and oxygen atoms in total. The van der Waals surface area contributed by atoms with E-state index in [0.717, 1.165) is 19.4 Å². The van der Waals surface area contributed by atoms with Gasteiger partial charge in [-0.3, -0.25) is 4.98 Å². The third kappa shape index (κ3) is 5.56. The molecule has 1 unspecified atom stereocenters. The van der Waals surface area contributed by atoms with Crippen LogP contribution in [-0.4, -0.2) is 11.5 Å². The van der Waals surface area contributed by atoms with Crippen molar-refractivity contribution < 1.29 is 0 Å². The lowest BCUT2D eigenvalue weighted by atomic mass is 9.99. The number of hydrogen-bond acceptors (Lipinski definition) is 2. The van der Waals surface area contributed by atoms with Crippen LogP contribution >= 0.6 is 0 Å². The van der Waals surface area contributed by atoms with Gasteiger partial charge in [-0.2, -0.15) is 0 Å². The van der Waals surface area contributed by atoms with E-state index in [-0.39, 0.29) is 0 Å². The van der Waals surface area contributed by atoms with Gasteiger partial charge < -0.3 is 5.32 Å². The summed E-state index contributed by atoms with van der Waals surface area (Å²) in [5.41, 5.74) is 2.62. The maximum absolute atomic E-state index is 4.60. The van der Waals surface area contributed by atoms with E-state index in [4.69, 9.17) is 0 Å². The molecular formula is C17H28N2. The largest absolute Gasteiger partial charge is 0.309 e. The van der Waals surface area contributed by atoms with Crippen LogP contribution in [0.4, 0.5) is 0 Å². The fourth-order valence-corrected chi connectivity index (χ4v) is 2.46. The van der Waals surface area contributed by atoms with Gasteiger partial charge in [-0.25, -0.2) is 0 Å². The van der Waals surface area contributed by atoms with Crippen molar-refractivity contribution >= 4 is 0 Å². The van der Waals surface area contributed by atoms with Crippen LogP contribution in [-0.2, 0) is 6.42 Å². The molecule has 0 spiro atoms. The predicted molar refractivity (Wildman–Crippen MR) is 83.3 cm³/mol. The molecule has 0 fully saturated rings. The number of rotatable bonds is 10. The van der Waals surface area contributed by atoms with E-state index >= 15 is 0 Å². The van der Waals surface area contributed by atoms with Gasteiger partial charge in [0.05, 0.1) is 5.69 Å². The van der Waals surface area contributed by atoms with E-state index in [9.17, 15) is 0 Å². The summed E-state index contributed by atoms with van der Waals surface area (Å²) in [7, 11) is 0. The van der Waals surface area contributed by atoms with Gasteiger partial charge in [0.1, 0.15) is 0 Å². The Labute approximate surface area is 118 Å². The van der Waals surface area contributed by atoms with Crippen LogP contribution in [0.1, 0.15) is 63.3 Å². The SMILES string of the molecule is C=CCCCCCC(NCC)c1ncccc1CC. The molecule has 0 radical (unpaired) electrons. The topological polar surface area (TPSA) is 24.9 Å². The van der Waals surface area contributed by atoms with Crippen LogP contribution in [0.2, 0.25) is 0 Å². The van der Waals surface area contributed by atoms with Crippen molar-refractivity contribution in [1.82, 2.24) is 10.3 Å². The summed E-state index contributed by atoms with van der Waals surface area (Å²) in [5.74, 6) is 0. The number of nitrogens with one attached hydrogen (secondary N) is 1. The molecule has 1 atom stereocenters. The van der Waals surface area contributed by atoms with Gasteiger partial charge in [0.2, 0.25) is 0 Å². The zero-order valence-electron chi connectivity index (χ0n) is 12.5. The van der Waals surface area contributed by atoms with E-state index in [1.165, 1.54) is 36.9 Å². The average Bonchev–Trinajstić information content (AvgIpc) is 2.46. The molecule has 1 aromatic heterocycles. The Balaban J connectivity index is 2.57. The zero-order valence-corrected chi connectivity index (χ0v) is 12.5. The number of allylic oxidation sites excluding steroid dienone is 1. The molecule has 1 aromatic rings. The second-order valence-electron chi connectivity index (χ2n) is 4.94. The van der Waals surface area contributed by atoms with Gasteiger partial charge in [-0.15, -0.1) is 6.58 Å². The van der Waals surface area contributed by atoms with Gasteiger partial charge in [0, 0.05) is 12.2 Å². The summed E-state index contributed by atoms with van der Waals surface area (Å²) in [5, 5.41) is 3.58. The number of unbranched alkanes of at least 4 members (excludes halogenated alkanes) is 3. The third-order valence-corrected chi connectivity index (χ3v) is 3.49. The number of nitrogens with zero attached hydrogens (tertiary/aromatic N) is 1. The summed E-state index contributed by atoms with van der Waals surface area (Å²) in [4.78, 5) is 4.60. The highest BCUT2D eigenvalue weighted by atomic mass is 14.9. The highest BCUT2D eigenvalue weighted by molar-refractivity contribution is 5.22. The fraction of sp³-hybridized carbons (Fsp3) is 0.588. The molecule has 106 valence electrons. The highest BCUT2D eigenvalue weighted by Gasteiger charge is 2.14. The predicted octanol–water partition coefficient (Wildman–Crippen LogP) is 4.43. The normalized spacial score (nSPS) is 12.3. The van der Waals surface area contributed by atoms with Crippen molar-refractivity contribution in [2.45, 2.75) is 58.4 Å². The van der Waals surface area contributed by atoms with Crippen LogP contribution in [0, 0.1) is 0 Å². The number of hydrogen-bond donors (Lipinski definition) is 1. The Morgan fingerprint density at radius 2 is 2.16 bits per heavy atom.